The van der Waals surface area contributed by atoms with Gasteiger partial charge in [0.2, 0.25) is 0 Å². The van der Waals surface area contributed by atoms with Gasteiger partial charge in [-0.25, -0.2) is 0 Å². The van der Waals surface area contributed by atoms with Gasteiger partial charge in [0.05, 0.1) is 11.2 Å². The number of pyridine rings is 1. The van der Waals surface area contributed by atoms with E-state index in [2.05, 4.69) is 10.3 Å². The van der Waals surface area contributed by atoms with E-state index in [0.717, 1.165) is 53.8 Å². The average Bonchev–Trinajstić information content (AvgIpc) is 3.53. The highest BCUT2D eigenvalue weighted by Crippen LogP contribution is 2.36. The Hall–Kier alpha value is -3.49. The number of hydrogen-bond acceptors (Lipinski definition) is 5. The van der Waals surface area contributed by atoms with Gasteiger partial charge >= 0.3 is 7.12 Å². The van der Waals surface area contributed by atoms with Crippen LogP contribution in [-0.2, 0) is 15.9 Å². The van der Waals surface area contributed by atoms with Gasteiger partial charge in [0.15, 0.2) is 0 Å². The van der Waals surface area contributed by atoms with E-state index in [9.17, 15) is 9.59 Å². The van der Waals surface area contributed by atoms with Crippen molar-refractivity contribution in [3.63, 3.8) is 0 Å². The van der Waals surface area contributed by atoms with Crippen molar-refractivity contribution in [2.45, 2.75) is 65.2 Å². The summed E-state index contributed by atoms with van der Waals surface area (Å²) in [6.07, 6.45) is 3.77. The number of likely N-dealkylation sites (tertiary alicyclic amines) is 1. The van der Waals surface area contributed by atoms with Crippen molar-refractivity contribution < 1.29 is 18.9 Å². The zero-order valence-corrected chi connectivity index (χ0v) is 23.4. The summed E-state index contributed by atoms with van der Waals surface area (Å²) in [5, 5.41) is 2.97. The Bertz CT molecular complexity index is 1350. The van der Waals surface area contributed by atoms with Gasteiger partial charge in [-0.05, 0) is 93.9 Å². The van der Waals surface area contributed by atoms with Crippen molar-refractivity contribution in [2.75, 3.05) is 13.1 Å². The molecule has 0 spiro atoms. The SMILES string of the molecule is Cc1ccc(CNC(=O)c2cc(C(=O)N3CCCC3)cc(-c3ccc(B4OC(C)(C)C(C)(C)O4)cc3)c2)cn1. The molecule has 7 nitrogen and oxygen atoms in total. The van der Waals surface area contributed by atoms with Gasteiger partial charge in [-0.15, -0.1) is 0 Å². The number of nitrogens with one attached hydrogen (secondary N) is 1. The molecule has 0 aliphatic carbocycles. The fraction of sp³-hybridized carbons (Fsp3) is 0.387. The van der Waals surface area contributed by atoms with Gasteiger partial charge in [0, 0.05) is 42.7 Å². The van der Waals surface area contributed by atoms with Crippen molar-refractivity contribution >= 4 is 24.4 Å². The van der Waals surface area contributed by atoms with E-state index in [-0.39, 0.29) is 11.8 Å². The highest BCUT2D eigenvalue weighted by molar-refractivity contribution is 6.62. The Morgan fingerprint density at radius 2 is 1.54 bits per heavy atom. The predicted octanol–water partition coefficient (Wildman–Crippen LogP) is 4.52. The Kier molecular flexibility index (Phi) is 7.36. The summed E-state index contributed by atoms with van der Waals surface area (Å²) in [4.78, 5) is 32.7. The summed E-state index contributed by atoms with van der Waals surface area (Å²) < 4.78 is 12.4. The first-order valence-corrected chi connectivity index (χ1v) is 13.6. The lowest BCUT2D eigenvalue weighted by Gasteiger charge is -2.32. The summed E-state index contributed by atoms with van der Waals surface area (Å²) in [6.45, 7) is 11.9. The van der Waals surface area contributed by atoms with Crippen LogP contribution in [0.4, 0.5) is 0 Å². The van der Waals surface area contributed by atoms with E-state index in [1.807, 2.05) is 88.0 Å². The maximum absolute atomic E-state index is 13.3. The average molecular weight is 525 g/mol. The largest absolute Gasteiger partial charge is 0.494 e. The number of rotatable bonds is 6. The van der Waals surface area contributed by atoms with Crippen LogP contribution < -0.4 is 10.8 Å². The molecule has 1 N–H and O–H groups in total. The van der Waals surface area contributed by atoms with Gasteiger partial charge in [0.1, 0.15) is 0 Å². The predicted molar refractivity (Wildman–Crippen MR) is 153 cm³/mol. The molecule has 2 aliphatic heterocycles. The van der Waals surface area contributed by atoms with Gasteiger partial charge < -0.3 is 19.5 Å². The number of nitrogens with zero attached hydrogens (tertiary/aromatic N) is 2. The molecule has 3 heterocycles. The normalized spacial score (nSPS) is 17.9. The van der Waals surface area contributed by atoms with Gasteiger partial charge in [-0.3, -0.25) is 14.6 Å². The van der Waals surface area contributed by atoms with E-state index in [4.69, 9.17) is 9.31 Å². The molecule has 5 rings (SSSR count). The van der Waals surface area contributed by atoms with Crippen LogP contribution in [0.1, 0.15) is 72.5 Å². The highest BCUT2D eigenvalue weighted by Gasteiger charge is 2.51. The first-order valence-electron chi connectivity index (χ1n) is 13.6. The van der Waals surface area contributed by atoms with Crippen molar-refractivity contribution in [2.24, 2.45) is 0 Å². The van der Waals surface area contributed by atoms with E-state index < -0.39 is 18.3 Å². The third kappa shape index (κ3) is 5.77. The van der Waals surface area contributed by atoms with Crippen LogP contribution in [0.15, 0.2) is 60.8 Å². The van der Waals surface area contributed by atoms with Crippen LogP contribution in [0.2, 0.25) is 0 Å². The lowest BCUT2D eigenvalue weighted by Crippen LogP contribution is -2.41. The second-order valence-corrected chi connectivity index (χ2v) is 11.5. The molecule has 2 amide bonds. The molecule has 2 aliphatic rings. The number of hydrogen-bond donors (Lipinski definition) is 1. The number of carbonyl (C=O) groups is 2. The molecular formula is C31H36BN3O4. The minimum Gasteiger partial charge on any atom is -0.399 e. The molecule has 2 saturated heterocycles. The van der Waals surface area contributed by atoms with Crippen molar-refractivity contribution in [1.82, 2.24) is 15.2 Å². The Morgan fingerprint density at radius 3 is 2.15 bits per heavy atom. The minimum absolute atomic E-state index is 0.0417. The molecule has 202 valence electrons. The summed E-state index contributed by atoms with van der Waals surface area (Å²) in [5.41, 5.74) is 4.60. The molecule has 0 atom stereocenters. The fourth-order valence-electron chi connectivity index (χ4n) is 4.85. The maximum atomic E-state index is 13.3. The lowest BCUT2D eigenvalue weighted by molar-refractivity contribution is 0.00578. The Morgan fingerprint density at radius 1 is 0.897 bits per heavy atom. The molecule has 8 heteroatoms. The first kappa shape index (κ1) is 27.1. The molecule has 1 aromatic heterocycles. The summed E-state index contributed by atoms with van der Waals surface area (Å²) >= 11 is 0. The molecule has 0 bridgehead atoms. The molecule has 2 aromatic carbocycles. The molecule has 3 aromatic rings. The zero-order valence-electron chi connectivity index (χ0n) is 23.4. The second-order valence-electron chi connectivity index (χ2n) is 11.5. The van der Waals surface area contributed by atoms with E-state index in [1.54, 1.807) is 12.3 Å². The molecule has 0 radical (unpaired) electrons. The quantitative estimate of drug-likeness (QED) is 0.479. The van der Waals surface area contributed by atoms with E-state index >= 15 is 0 Å². The minimum atomic E-state index is -0.454. The zero-order chi connectivity index (χ0) is 27.8. The Balaban J connectivity index is 1.41. The third-order valence-corrected chi connectivity index (χ3v) is 8.03. The van der Waals surface area contributed by atoms with Crippen LogP contribution in [-0.4, -0.2) is 53.1 Å². The number of amides is 2. The topological polar surface area (TPSA) is 80.8 Å². The van der Waals surface area contributed by atoms with Gasteiger partial charge in [0.25, 0.3) is 11.8 Å². The summed E-state index contributed by atoms with van der Waals surface area (Å²) in [6, 6.07) is 17.2. The summed E-state index contributed by atoms with van der Waals surface area (Å²) in [5.74, 6) is -0.276. The second kappa shape index (κ2) is 10.6. The monoisotopic (exact) mass is 525 g/mol. The summed E-state index contributed by atoms with van der Waals surface area (Å²) in [7, 11) is -0.454. The van der Waals surface area contributed by atoms with E-state index in [0.29, 0.717) is 17.7 Å². The molecular weight excluding hydrogens is 489 g/mol. The Labute approximate surface area is 231 Å². The van der Waals surface area contributed by atoms with Crippen molar-refractivity contribution in [1.29, 1.82) is 0 Å². The van der Waals surface area contributed by atoms with Crippen molar-refractivity contribution in [3.8, 4) is 11.1 Å². The fourth-order valence-corrected chi connectivity index (χ4v) is 4.85. The van der Waals surface area contributed by atoms with Gasteiger partial charge in [-0.1, -0.05) is 30.3 Å². The third-order valence-electron chi connectivity index (χ3n) is 8.03. The molecule has 39 heavy (non-hydrogen) atoms. The highest BCUT2D eigenvalue weighted by atomic mass is 16.7. The lowest BCUT2D eigenvalue weighted by atomic mass is 9.78. The number of carbonyl (C=O) groups excluding carboxylic acids is 2. The number of aromatic nitrogens is 1. The van der Waals surface area contributed by atoms with E-state index in [1.165, 1.54) is 0 Å². The van der Waals surface area contributed by atoms with Gasteiger partial charge in [-0.2, -0.15) is 0 Å². The maximum Gasteiger partial charge on any atom is 0.494 e. The first-order chi connectivity index (χ1) is 18.5. The number of aryl methyl sites for hydroxylation is 1. The molecule has 0 saturated carbocycles. The van der Waals surface area contributed by atoms with Crippen LogP contribution >= 0.6 is 0 Å². The van der Waals surface area contributed by atoms with Crippen LogP contribution in [0, 0.1) is 6.92 Å². The number of benzene rings is 2. The molecule has 0 unspecified atom stereocenters. The van der Waals surface area contributed by atoms with Crippen LogP contribution in [0.5, 0.6) is 0 Å². The molecule has 2 fully saturated rings. The van der Waals surface area contributed by atoms with Crippen LogP contribution in [0.3, 0.4) is 0 Å². The van der Waals surface area contributed by atoms with Crippen molar-refractivity contribution in [3.05, 3.63) is 83.2 Å². The standard InChI is InChI=1S/C31H36BN3O4/c1-21-8-9-22(19-33-21)20-34-28(36)25-16-24(17-26(18-25)29(37)35-14-6-7-15-35)23-10-12-27(13-11-23)32-38-30(2,3)31(4,5)39-32/h8-13,16-19H,6-7,14-15,20H2,1-5H3,(H,34,36). The smallest absolute Gasteiger partial charge is 0.399 e. The van der Waals surface area contributed by atoms with Crippen LogP contribution in [0.25, 0.3) is 11.1 Å².